The van der Waals surface area contributed by atoms with E-state index in [4.69, 9.17) is 27.9 Å². The fourth-order valence-corrected chi connectivity index (χ4v) is 5.33. The lowest BCUT2D eigenvalue weighted by molar-refractivity contribution is 0.155. The maximum absolute atomic E-state index is 14.7. The third-order valence-corrected chi connectivity index (χ3v) is 7.41. The molecule has 188 valence electrons. The quantitative estimate of drug-likeness (QED) is 0.391. The molecule has 0 spiro atoms. The van der Waals surface area contributed by atoms with Crippen LogP contribution in [0.2, 0.25) is 10.0 Å². The molecule has 2 N–H and O–H groups in total. The van der Waals surface area contributed by atoms with Crippen molar-refractivity contribution in [3.63, 3.8) is 0 Å². The number of halogens is 4. The standard InChI is InChI=1S/C23H25Cl2F2N5O2S/c1-13(20-14(24)3-4-15(26)21(20)25)34-18-12-19-17(11-16(18)27)29-23(35-19)30-22(33)28-5-6-32-9-7-31(2)8-10-32/h3-4,11-13H,5-10H2,1-2H3,(H2,28,29,30,33). The molecule has 35 heavy (non-hydrogen) atoms. The number of ether oxygens (including phenoxy) is 1. The second-order valence-corrected chi connectivity index (χ2v) is 10.1. The Bertz CT molecular complexity index is 1220. The first-order chi connectivity index (χ1) is 16.7. The molecule has 0 bridgehead atoms. The van der Waals surface area contributed by atoms with Gasteiger partial charge in [-0.2, -0.15) is 0 Å². The highest BCUT2D eigenvalue weighted by atomic mass is 35.5. The zero-order valence-corrected chi connectivity index (χ0v) is 21.5. The monoisotopic (exact) mass is 543 g/mol. The molecular weight excluding hydrogens is 519 g/mol. The zero-order chi connectivity index (χ0) is 25.1. The number of hydrogen-bond donors (Lipinski definition) is 2. The van der Waals surface area contributed by atoms with Gasteiger partial charge in [0.05, 0.1) is 15.2 Å². The van der Waals surface area contributed by atoms with E-state index in [1.54, 1.807) is 6.92 Å². The number of likely N-dealkylation sites (N-methyl/N-ethyl adjacent to an activating group) is 1. The van der Waals surface area contributed by atoms with E-state index in [0.717, 1.165) is 38.8 Å². The summed E-state index contributed by atoms with van der Waals surface area (Å²) in [6.45, 7) is 6.86. The summed E-state index contributed by atoms with van der Waals surface area (Å²) in [6.07, 6.45) is -0.811. The number of nitrogens with one attached hydrogen (secondary N) is 2. The first-order valence-electron chi connectivity index (χ1n) is 11.1. The van der Waals surface area contributed by atoms with Gasteiger partial charge in [-0.25, -0.2) is 18.6 Å². The van der Waals surface area contributed by atoms with Crippen molar-refractivity contribution in [1.82, 2.24) is 20.1 Å². The average Bonchev–Trinajstić information content (AvgIpc) is 3.18. The first kappa shape index (κ1) is 25.8. The lowest BCUT2D eigenvalue weighted by Gasteiger charge is -2.32. The molecule has 1 aliphatic rings. The Morgan fingerprint density at radius 2 is 1.94 bits per heavy atom. The van der Waals surface area contributed by atoms with Crippen molar-refractivity contribution in [2.24, 2.45) is 0 Å². The van der Waals surface area contributed by atoms with Crippen LogP contribution in [0.3, 0.4) is 0 Å². The van der Waals surface area contributed by atoms with Crippen LogP contribution in [0.1, 0.15) is 18.6 Å². The number of amides is 2. The maximum atomic E-state index is 14.7. The number of carbonyl (C=O) groups is 1. The van der Waals surface area contributed by atoms with Gasteiger partial charge in [0.2, 0.25) is 0 Å². The molecule has 4 rings (SSSR count). The predicted octanol–water partition coefficient (Wildman–Crippen LogP) is 5.39. The lowest BCUT2D eigenvalue weighted by Crippen LogP contribution is -2.47. The van der Waals surface area contributed by atoms with E-state index in [2.05, 4.69) is 32.5 Å². The van der Waals surface area contributed by atoms with E-state index in [9.17, 15) is 13.6 Å². The fourth-order valence-electron chi connectivity index (χ4n) is 3.78. The summed E-state index contributed by atoms with van der Waals surface area (Å²) in [5.41, 5.74) is 0.606. The van der Waals surface area contributed by atoms with Gasteiger partial charge in [-0.05, 0) is 26.1 Å². The third kappa shape index (κ3) is 6.31. The number of benzene rings is 2. The van der Waals surface area contributed by atoms with Crippen LogP contribution in [0.4, 0.5) is 18.7 Å². The van der Waals surface area contributed by atoms with E-state index in [1.807, 2.05) is 0 Å². The average molecular weight is 544 g/mol. The molecule has 7 nitrogen and oxygen atoms in total. The molecule has 2 aromatic carbocycles. The molecular formula is C23H25Cl2F2N5O2S. The van der Waals surface area contributed by atoms with E-state index in [1.165, 1.54) is 29.5 Å². The highest BCUT2D eigenvalue weighted by molar-refractivity contribution is 7.22. The number of nitrogens with zero attached hydrogens (tertiary/aromatic N) is 3. The minimum Gasteiger partial charge on any atom is -0.483 e. The molecule has 1 saturated heterocycles. The maximum Gasteiger partial charge on any atom is 0.321 e. The molecule has 1 fully saturated rings. The van der Waals surface area contributed by atoms with Gasteiger partial charge in [-0.3, -0.25) is 10.2 Å². The van der Waals surface area contributed by atoms with Crippen molar-refractivity contribution >= 4 is 55.9 Å². The van der Waals surface area contributed by atoms with Gasteiger partial charge in [0.25, 0.3) is 0 Å². The summed E-state index contributed by atoms with van der Waals surface area (Å²) in [4.78, 5) is 21.1. The lowest BCUT2D eigenvalue weighted by atomic mass is 10.1. The molecule has 3 aromatic rings. The number of aromatic nitrogens is 1. The van der Waals surface area contributed by atoms with Gasteiger partial charge < -0.3 is 15.0 Å². The van der Waals surface area contributed by atoms with Crippen LogP contribution in [-0.2, 0) is 0 Å². The largest absolute Gasteiger partial charge is 0.483 e. The highest BCUT2D eigenvalue weighted by Gasteiger charge is 2.21. The fraction of sp³-hybridized carbons (Fsp3) is 0.391. The SMILES string of the molecule is CC(Oc1cc2sc(NC(=O)NCCN3CCN(C)CC3)nc2cc1F)c1c(Cl)ccc(F)c1Cl. The Labute approximate surface area is 216 Å². The molecule has 1 aliphatic heterocycles. The summed E-state index contributed by atoms with van der Waals surface area (Å²) in [5, 5.41) is 5.89. The number of thiazole rings is 1. The van der Waals surface area contributed by atoms with Crippen molar-refractivity contribution in [2.75, 3.05) is 51.6 Å². The number of fused-ring (bicyclic) bond motifs is 1. The van der Waals surface area contributed by atoms with Gasteiger partial charge >= 0.3 is 6.03 Å². The summed E-state index contributed by atoms with van der Waals surface area (Å²) in [6, 6.07) is 4.85. The normalized spacial score (nSPS) is 15.8. The molecule has 0 aliphatic carbocycles. The zero-order valence-electron chi connectivity index (χ0n) is 19.2. The van der Waals surface area contributed by atoms with Crippen LogP contribution in [0.5, 0.6) is 5.75 Å². The highest BCUT2D eigenvalue weighted by Crippen LogP contribution is 2.37. The van der Waals surface area contributed by atoms with E-state index >= 15 is 0 Å². The van der Waals surface area contributed by atoms with Crippen LogP contribution in [0, 0.1) is 11.6 Å². The molecule has 0 radical (unpaired) electrons. The number of piperazine rings is 1. The molecule has 1 aromatic heterocycles. The topological polar surface area (TPSA) is 69.7 Å². The number of anilines is 1. The van der Waals surface area contributed by atoms with Crippen molar-refractivity contribution < 1.29 is 18.3 Å². The number of hydrogen-bond acceptors (Lipinski definition) is 6. The number of carbonyl (C=O) groups excluding carboxylic acids is 1. The van der Waals surface area contributed by atoms with Crippen LogP contribution >= 0.6 is 34.5 Å². The minimum absolute atomic E-state index is 0.0618. The molecule has 0 saturated carbocycles. The molecule has 12 heteroatoms. The Hall–Kier alpha value is -2.24. The Balaban J connectivity index is 1.38. The summed E-state index contributed by atoms with van der Waals surface area (Å²) < 4.78 is 34.9. The summed E-state index contributed by atoms with van der Waals surface area (Å²) in [7, 11) is 2.10. The van der Waals surface area contributed by atoms with Gasteiger partial charge in [0, 0.05) is 62.0 Å². The number of rotatable bonds is 7. The summed E-state index contributed by atoms with van der Waals surface area (Å²) >= 11 is 13.4. The second kappa shape index (κ2) is 11.2. The Morgan fingerprint density at radius 3 is 2.69 bits per heavy atom. The molecule has 1 atom stereocenters. The molecule has 1 unspecified atom stereocenters. The van der Waals surface area contributed by atoms with Crippen LogP contribution in [0.15, 0.2) is 24.3 Å². The van der Waals surface area contributed by atoms with Crippen molar-refractivity contribution in [2.45, 2.75) is 13.0 Å². The van der Waals surface area contributed by atoms with Gasteiger partial charge in [0.1, 0.15) is 11.9 Å². The smallest absolute Gasteiger partial charge is 0.321 e. The predicted molar refractivity (Wildman–Crippen MR) is 136 cm³/mol. The molecule has 2 heterocycles. The van der Waals surface area contributed by atoms with Gasteiger partial charge in [0.15, 0.2) is 16.7 Å². The molecule has 2 amide bonds. The Kier molecular flexibility index (Phi) is 8.28. The van der Waals surface area contributed by atoms with Crippen molar-refractivity contribution in [3.8, 4) is 5.75 Å². The van der Waals surface area contributed by atoms with Gasteiger partial charge in [-0.15, -0.1) is 0 Å². The third-order valence-electron chi connectivity index (χ3n) is 5.76. The van der Waals surface area contributed by atoms with Crippen LogP contribution in [0.25, 0.3) is 10.2 Å². The van der Waals surface area contributed by atoms with Crippen molar-refractivity contribution in [1.29, 1.82) is 0 Å². The van der Waals surface area contributed by atoms with E-state index in [0.29, 0.717) is 21.9 Å². The van der Waals surface area contributed by atoms with Crippen LogP contribution in [-0.4, -0.2) is 67.1 Å². The van der Waals surface area contributed by atoms with Crippen molar-refractivity contribution in [3.05, 3.63) is 51.5 Å². The minimum atomic E-state index is -0.811. The van der Waals surface area contributed by atoms with Gasteiger partial charge in [-0.1, -0.05) is 34.5 Å². The first-order valence-corrected chi connectivity index (χ1v) is 12.6. The second-order valence-electron chi connectivity index (χ2n) is 8.31. The Morgan fingerprint density at radius 1 is 1.20 bits per heavy atom. The van der Waals surface area contributed by atoms with E-state index < -0.39 is 17.7 Å². The van der Waals surface area contributed by atoms with Crippen LogP contribution < -0.4 is 15.4 Å². The van der Waals surface area contributed by atoms with E-state index in [-0.39, 0.29) is 27.4 Å². The number of urea groups is 1. The summed E-state index contributed by atoms with van der Waals surface area (Å²) in [5.74, 6) is -1.35.